The molecule has 0 spiro atoms. The van der Waals surface area contributed by atoms with Crippen LogP contribution in [-0.4, -0.2) is 11.4 Å². The third-order valence-corrected chi connectivity index (χ3v) is 4.41. The molecule has 1 aromatic rings. The van der Waals surface area contributed by atoms with Crippen LogP contribution in [0.2, 0.25) is 10.0 Å². The van der Waals surface area contributed by atoms with Crippen LogP contribution in [0.1, 0.15) is 37.7 Å². The van der Waals surface area contributed by atoms with Crippen molar-refractivity contribution in [2.75, 3.05) is 5.32 Å². The number of anilines is 1. The third-order valence-electron chi connectivity index (χ3n) is 3.69. The summed E-state index contributed by atoms with van der Waals surface area (Å²) in [4.78, 5) is 12.3. The molecule has 1 fully saturated rings. The summed E-state index contributed by atoms with van der Waals surface area (Å²) < 4.78 is 0. The van der Waals surface area contributed by atoms with Gasteiger partial charge in [0, 0.05) is 5.02 Å². The number of carbonyl (C=O) groups excluding carboxylic acids is 1. The van der Waals surface area contributed by atoms with Crippen molar-refractivity contribution in [3.05, 3.63) is 27.7 Å². The Morgan fingerprint density at radius 3 is 2.47 bits per heavy atom. The predicted octanol–water partition coefficient (Wildman–Crippen LogP) is 3.90. The Morgan fingerprint density at radius 2 is 1.84 bits per heavy atom. The van der Waals surface area contributed by atoms with E-state index in [-0.39, 0.29) is 5.91 Å². The first kappa shape index (κ1) is 14.6. The second-order valence-corrected chi connectivity index (χ2v) is 6.07. The first-order valence-corrected chi connectivity index (χ1v) is 7.24. The van der Waals surface area contributed by atoms with E-state index in [0.29, 0.717) is 15.7 Å². The molecule has 104 valence electrons. The van der Waals surface area contributed by atoms with E-state index in [0.717, 1.165) is 37.7 Å². The lowest BCUT2D eigenvalue weighted by Gasteiger charge is -2.31. The van der Waals surface area contributed by atoms with Gasteiger partial charge in [0.05, 0.1) is 16.2 Å². The van der Waals surface area contributed by atoms with Crippen LogP contribution in [-0.2, 0) is 4.79 Å². The summed E-state index contributed by atoms with van der Waals surface area (Å²) in [5, 5.41) is 3.87. The molecule has 0 aliphatic heterocycles. The number of nitrogens with one attached hydrogen (secondary N) is 1. The smallest absolute Gasteiger partial charge is 0.244 e. The predicted molar refractivity (Wildman–Crippen MR) is 79.8 cm³/mol. The van der Waals surface area contributed by atoms with Gasteiger partial charge in [-0.2, -0.15) is 0 Å². The maximum Gasteiger partial charge on any atom is 0.244 e. The van der Waals surface area contributed by atoms with E-state index >= 15 is 0 Å². The zero-order chi connectivity index (χ0) is 14.0. The van der Waals surface area contributed by atoms with Crippen LogP contribution in [0.5, 0.6) is 0 Å². The summed E-state index contributed by atoms with van der Waals surface area (Å²) in [5.74, 6) is -0.172. The fraction of sp³-hybridized carbons (Fsp3) is 0.500. The standard InChI is InChI=1S/C14H18Cl2N2O/c1-9-7-11(16)12(8-10(9)15)18-13(19)14(17)5-3-2-4-6-14/h7-8H,2-6,17H2,1H3,(H,18,19). The first-order valence-electron chi connectivity index (χ1n) is 6.48. The van der Waals surface area contributed by atoms with Gasteiger partial charge in [-0.15, -0.1) is 0 Å². The van der Waals surface area contributed by atoms with Gasteiger partial charge >= 0.3 is 0 Å². The van der Waals surface area contributed by atoms with Crippen molar-refractivity contribution in [3.8, 4) is 0 Å². The number of hydrogen-bond donors (Lipinski definition) is 2. The Balaban J connectivity index is 2.16. The molecule has 0 heterocycles. The van der Waals surface area contributed by atoms with Crippen molar-refractivity contribution in [1.29, 1.82) is 0 Å². The molecule has 19 heavy (non-hydrogen) atoms. The summed E-state index contributed by atoms with van der Waals surface area (Å²) in [7, 11) is 0. The largest absolute Gasteiger partial charge is 0.323 e. The Morgan fingerprint density at radius 1 is 1.21 bits per heavy atom. The number of halogens is 2. The molecule has 3 N–H and O–H groups in total. The van der Waals surface area contributed by atoms with Crippen LogP contribution in [0.15, 0.2) is 12.1 Å². The number of benzene rings is 1. The van der Waals surface area contributed by atoms with E-state index in [1.807, 2.05) is 6.92 Å². The molecule has 1 aliphatic rings. The molecule has 1 aliphatic carbocycles. The molecule has 0 aromatic heterocycles. The maximum atomic E-state index is 12.3. The van der Waals surface area contributed by atoms with E-state index in [1.165, 1.54) is 0 Å². The zero-order valence-corrected chi connectivity index (χ0v) is 12.4. The normalized spacial score (nSPS) is 18.1. The highest BCUT2D eigenvalue weighted by molar-refractivity contribution is 6.36. The third kappa shape index (κ3) is 3.22. The van der Waals surface area contributed by atoms with Crippen LogP contribution in [0, 0.1) is 6.92 Å². The van der Waals surface area contributed by atoms with Gasteiger partial charge in [0.1, 0.15) is 0 Å². The minimum Gasteiger partial charge on any atom is -0.323 e. The maximum absolute atomic E-state index is 12.3. The van der Waals surface area contributed by atoms with Crippen molar-refractivity contribution in [2.24, 2.45) is 5.73 Å². The van der Waals surface area contributed by atoms with Crippen LogP contribution >= 0.6 is 23.2 Å². The number of nitrogens with two attached hydrogens (primary N) is 1. The lowest BCUT2D eigenvalue weighted by atomic mass is 9.82. The summed E-state index contributed by atoms with van der Waals surface area (Å²) >= 11 is 12.2. The Hall–Kier alpha value is -0.770. The molecule has 0 saturated heterocycles. The van der Waals surface area contributed by atoms with Gasteiger partial charge in [0.15, 0.2) is 0 Å². The van der Waals surface area contributed by atoms with Gasteiger partial charge in [0.2, 0.25) is 5.91 Å². The molecule has 0 bridgehead atoms. The average Bonchev–Trinajstić information content (AvgIpc) is 2.36. The molecule has 0 atom stereocenters. The highest BCUT2D eigenvalue weighted by Gasteiger charge is 2.35. The van der Waals surface area contributed by atoms with Crippen LogP contribution in [0.3, 0.4) is 0 Å². The molecule has 0 radical (unpaired) electrons. The van der Waals surface area contributed by atoms with Gasteiger partial charge in [-0.3, -0.25) is 4.79 Å². The Kier molecular flexibility index (Phi) is 4.39. The van der Waals surface area contributed by atoms with E-state index in [1.54, 1.807) is 12.1 Å². The van der Waals surface area contributed by atoms with Crippen molar-refractivity contribution < 1.29 is 4.79 Å². The molecule has 1 amide bonds. The number of hydrogen-bond acceptors (Lipinski definition) is 2. The number of rotatable bonds is 2. The van der Waals surface area contributed by atoms with Crippen LogP contribution in [0.4, 0.5) is 5.69 Å². The van der Waals surface area contributed by atoms with Crippen LogP contribution < -0.4 is 11.1 Å². The van der Waals surface area contributed by atoms with E-state index in [4.69, 9.17) is 28.9 Å². The van der Waals surface area contributed by atoms with Gasteiger partial charge in [-0.05, 0) is 37.5 Å². The van der Waals surface area contributed by atoms with Crippen molar-refractivity contribution in [3.63, 3.8) is 0 Å². The molecule has 5 heteroatoms. The SMILES string of the molecule is Cc1cc(Cl)c(NC(=O)C2(N)CCCCC2)cc1Cl. The van der Waals surface area contributed by atoms with E-state index < -0.39 is 5.54 Å². The monoisotopic (exact) mass is 300 g/mol. The number of carbonyl (C=O) groups is 1. The summed E-state index contributed by atoms with van der Waals surface area (Å²) in [6.45, 7) is 1.87. The molecular formula is C14H18Cl2N2O. The topological polar surface area (TPSA) is 55.1 Å². The zero-order valence-electron chi connectivity index (χ0n) is 10.9. The highest BCUT2D eigenvalue weighted by atomic mass is 35.5. The van der Waals surface area contributed by atoms with Crippen molar-refractivity contribution in [2.45, 2.75) is 44.6 Å². The van der Waals surface area contributed by atoms with Gasteiger partial charge in [-0.25, -0.2) is 0 Å². The lowest BCUT2D eigenvalue weighted by Crippen LogP contribution is -2.52. The lowest BCUT2D eigenvalue weighted by molar-refractivity contribution is -0.122. The Labute approximate surface area is 123 Å². The first-order chi connectivity index (χ1) is 8.92. The van der Waals surface area contributed by atoms with E-state index in [9.17, 15) is 4.79 Å². The fourth-order valence-electron chi connectivity index (χ4n) is 2.40. The highest BCUT2D eigenvalue weighted by Crippen LogP contribution is 2.31. The molecule has 1 saturated carbocycles. The van der Waals surface area contributed by atoms with Gasteiger partial charge in [0.25, 0.3) is 0 Å². The minimum atomic E-state index is -0.779. The summed E-state index contributed by atoms with van der Waals surface area (Å²) in [6.07, 6.45) is 4.56. The molecule has 1 aromatic carbocycles. The van der Waals surface area contributed by atoms with Gasteiger partial charge < -0.3 is 11.1 Å². The molecule has 3 nitrogen and oxygen atoms in total. The summed E-state index contributed by atoms with van der Waals surface area (Å²) in [5.41, 5.74) is 6.81. The fourth-order valence-corrected chi connectivity index (χ4v) is 2.83. The second kappa shape index (κ2) is 5.70. The second-order valence-electron chi connectivity index (χ2n) is 5.25. The summed E-state index contributed by atoms with van der Waals surface area (Å²) in [6, 6.07) is 3.41. The van der Waals surface area contributed by atoms with Crippen molar-refractivity contribution >= 4 is 34.8 Å². The number of amides is 1. The van der Waals surface area contributed by atoms with E-state index in [2.05, 4.69) is 5.32 Å². The van der Waals surface area contributed by atoms with Gasteiger partial charge in [-0.1, -0.05) is 42.5 Å². The quantitative estimate of drug-likeness (QED) is 0.870. The molecule has 2 rings (SSSR count). The molecular weight excluding hydrogens is 283 g/mol. The van der Waals surface area contributed by atoms with Crippen LogP contribution in [0.25, 0.3) is 0 Å². The average molecular weight is 301 g/mol. The minimum absolute atomic E-state index is 0.172. The molecule has 0 unspecified atom stereocenters. The number of aryl methyl sites for hydroxylation is 1. The Bertz CT molecular complexity index is 496. The van der Waals surface area contributed by atoms with Crippen molar-refractivity contribution in [1.82, 2.24) is 0 Å².